The largest absolute Gasteiger partial charge is 0.349 e. The second-order valence-corrected chi connectivity index (χ2v) is 6.94. The predicted molar refractivity (Wildman–Crippen MR) is 107 cm³/mol. The standard InChI is InChI=1S/C19H21N3OS.ClH/c1-12(2)13-7-9-14(10-8-13)16(20)11-21-19(23)18-15-5-3-4-6-17(15)22-24-18;/h3-10,12,16H,11,20H2,1-2H3,(H,21,23);1H. The minimum absolute atomic E-state index is 0. The number of aromatic nitrogens is 1. The summed E-state index contributed by atoms with van der Waals surface area (Å²) in [5, 5.41) is 3.80. The molecule has 0 spiro atoms. The SMILES string of the molecule is CC(C)c1ccc(C(N)CNC(=O)c2snc3ccccc23)cc1.Cl. The first-order valence-corrected chi connectivity index (χ1v) is 8.81. The first-order chi connectivity index (χ1) is 11.6. The second kappa shape index (κ2) is 8.43. The summed E-state index contributed by atoms with van der Waals surface area (Å²) in [5.74, 6) is 0.373. The average Bonchev–Trinajstić information content (AvgIpc) is 3.03. The van der Waals surface area contributed by atoms with E-state index < -0.39 is 0 Å². The van der Waals surface area contributed by atoms with Crippen molar-refractivity contribution in [3.63, 3.8) is 0 Å². The Bertz CT molecular complexity index is 845. The molecule has 1 atom stereocenters. The lowest BCUT2D eigenvalue weighted by atomic mass is 9.99. The highest BCUT2D eigenvalue weighted by molar-refractivity contribution is 7.09. The maximum absolute atomic E-state index is 12.4. The molecule has 0 radical (unpaired) electrons. The minimum Gasteiger partial charge on any atom is -0.349 e. The van der Waals surface area contributed by atoms with Crippen molar-refractivity contribution < 1.29 is 4.79 Å². The van der Waals surface area contributed by atoms with E-state index in [1.165, 1.54) is 17.1 Å². The van der Waals surface area contributed by atoms with Crippen LogP contribution in [0.4, 0.5) is 0 Å². The number of hydrogen-bond acceptors (Lipinski definition) is 4. The molecule has 0 bridgehead atoms. The molecule has 2 aromatic carbocycles. The summed E-state index contributed by atoms with van der Waals surface area (Å²) >= 11 is 1.22. The lowest BCUT2D eigenvalue weighted by Gasteiger charge is -2.14. The maximum Gasteiger partial charge on any atom is 0.263 e. The molecule has 25 heavy (non-hydrogen) atoms. The fourth-order valence-electron chi connectivity index (χ4n) is 2.58. The molecule has 0 saturated carbocycles. The van der Waals surface area contributed by atoms with Gasteiger partial charge in [0.1, 0.15) is 4.88 Å². The normalized spacial score (nSPS) is 12.0. The van der Waals surface area contributed by atoms with E-state index in [9.17, 15) is 4.79 Å². The van der Waals surface area contributed by atoms with Crippen LogP contribution < -0.4 is 11.1 Å². The number of carbonyl (C=O) groups excluding carboxylic acids is 1. The Kier molecular flexibility index (Phi) is 6.53. The quantitative estimate of drug-likeness (QED) is 0.699. The molecule has 6 heteroatoms. The van der Waals surface area contributed by atoms with E-state index >= 15 is 0 Å². The average molecular weight is 376 g/mol. The number of rotatable bonds is 5. The Morgan fingerprint density at radius 3 is 2.44 bits per heavy atom. The maximum atomic E-state index is 12.4. The van der Waals surface area contributed by atoms with Gasteiger partial charge in [0.25, 0.3) is 5.91 Å². The predicted octanol–water partition coefficient (Wildman–Crippen LogP) is 4.27. The van der Waals surface area contributed by atoms with E-state index in [0.717, 1.165) is 16.5 Å². The van der Waals surface area contributed by atoms with Gasteiger partial charge in [0.05, 0.1) is 5.52 Å². The molecule has 1 amide bonds. The first-order valence-electron chi connectivity index (χ1n) is 8.04. The minimum atomic E-state index is -0.227. The Hall–Kier alpha value is -1.95. The first kappa shape index (κ1) is 19.4. The van der Waals surface area contributed by atoms with Gasteiger partial charge in [0.2, 0.25) is 0 Å². The van der Waals surface area contributed by atoms with Crippen LogP contribution >= 0.6 is 23.9 Å². The van der Waals surface area contributed by atoms with E-state index in [-0.39, 0.29) is 24.4 Å². The number of nitrogens with one attached hydrogen (secondary N) is 1. The highest BCUT2D eigenvalue weighted by Crippen LogP contribution is 2.22. The molecule has 0 aliphatic heterocycles. The number of nitrogens with two attached hydrogens (primary N) is 1. The van der Waals surface area contributed by atoms with E-state index in [0.29, 0.717) is 17.3 Å². The molecular formula is C19H22ClN3OS. The third kappa shape index (κ3) is 4.37. The number of amides is 1. The van der Waals surface area contributed by atoms with E-state index in [2.05, 4.69) is 35.7 Å². The van der Waals surface area contributed by atoms with Gasteiger partial charge in [-0.05, 0) is 34.6 Å². The molecule has 3 aromatic rings. The molecule has 3 N–H and O–H groups in total. The number of fused-ring (bicyclic) bond motifs is 1. The zero-order valence-electron chi connectivity index (χ0n) is 14.2. The third-order valence-electron chi connectivity index (χ3n) is 4.10. The Labute approximate surface area is 158 Å². The van der Waals surface area contributed by atoms with Crippen LogP contribution in [0.15, 0.2) is 48.5 Å². The lowest BCUT2D eigenvalue weighted by molar-refractivity contribution is 0.0956. The molecule has 1 aromatic heterocycles. The van der Waals surface area contributed by atoms with Crippen LogP contribution in [0.2, 0.25) is 0 Å². The van der Waals surface area contributed by atoms with Crippen LogP contribution in [0.5, 0.6) is 0 Å². The van der Waals surface area contributed by atoms with Gasteiger partial charge in [0.15, 0.2) is 0 Å². The summed E-state index contributed by atoms with van der Waals surface area (Å²) in [7, 11) is 0. The van der Waals surface area contributed by atoms with Gasteiger partial charge < -0.3 is 11.1 Å². The molecule has 1 heterocycles. The van der Waals surface area contributed by atoms with Crippen molar-refractivity contribution >= 4 is 40.7 Å². The van der Waals surface area contributed by atoms with Gasteiger partial charge in [-0.1, -0.05) is 56.3 Å². The zero-order valence-corrected chi connectivity index (χ0v) is 15.9. The fourth-order valence-corrected chi connectivity index (χ4v) is 3.36. The van der Waals surface area contributed by atoms with Crippen LogP contribution in [0.1, 0.15) is 46.6 Å². The van der Waals surface area contributed by atoms with Gasteiger partial charge >= 0.3 is 0 Å². The zero-order chi connectivity index (χ0) is 17.1. The van der Waals surface area contributed by atoms with Gasteiger partial charge in [-0.2, -0.15) is 4.37 Å². The molecule has 0 aliphatic rings. The molecular weight excluding hydrogens is 354 g/mol. The number of carbonyl (C=O) groups is 1. The summed E-state index contributed by atoms with van der Waals surface area (Å²) < 4.78 is 4.30. The highest BCUT2D eigenvalue weighted by atomic mass is 35.5. The van der Waals surface area contributed by atoms with Gasteiger partial charge in [-0.3, -0.25) is 4.79 Å². The van der Waals surface area contributed by atoms with Crippen LogP contribution in [0.3, 0.4) is 0 Å². The Morgan fingerprint density at radius 2 is 1.76 bits per heavy atom. The lowest BCUT2D eigenvalue weighted by Crippen LogP contribution is -2.31. The van der Waals surface area contributed by atoms with Gasteiger partial charge in [-0.25, -0.2) is 0 Å². The molecule has 0 fully saturated rings. The second-order valence-electron chi connectivity index (χ2n) is 6.17. The van der Waals surface area contributed by atoms with Crippen molar-refractivity contribution in [1.29, 1.82) is 0 Å². The summed E-state index contributed by atoms with van der Waals surface area (Å²) in [6, 6.07) is 15.7. The number of hydrogen-bond donors (Lipinski definition) is 2. The van der Waals surface area contributed by atoms with Crippen molar-refractivity contribution in [1.82, 2.24) is 9.69 Å². The van der Waals surface area contributed by atoms with Crippen molar-refractivity contribution in [2.75, 3.05) is 6.54 Å². The number of benzene rings is 2. The summed E-state index contributed by atoms with van der Waals surface area (Å²) in [6.45, 7) is 4.72. The molecule has 3 rings (SSSR count). The fraction of sp³-hybridized carbons (Fsp3) is 0.263. The molecule has 132 valence electrons. The van der Waals surface area contributed by atoms with E-state index in [1.807, 2.05) is 36.4 Å². The highest BCUT2D eigenvalue weighted by Gasteiger charge is 2.15. The molecule has 1 unspecified atom stereocenters. The molecule has 0 saturated heterocycles. The van der Waals surface area contributed by atoms with Crippen molar-refractivity contribution in [3.05, 3.63) is 64.5 Å². The smallest absolute Gasteiger partial charge is 0.263 e. The Balaban J connectivity index is 0.00000225. The van der Waals surface area contributed by atoms with Gasteiger partial charge in [-0.15, -0.1) is 12.4 Å². The van der Waals surface area contributed by atoms with Crippen molar-refractivity contribution in [2.24, 2.45) is 5.73 Å². The number of nitrogens with zero attached hydrogens (tertiary/aromatic N) is 1. The van der Waals surface area contributed by atoms with Crippen molar-refractivity contribution in [2.45, 2.75) is 25.8 Å². The van der Waals surface area contributed by atoms with Crippen LogP contribution in [-0.2, 0) is 0 Å². The summed E-state index contributed by atoms with van der Waals surface area (Å²) in [6.07, 6.45) is 0. The topological polar surface area (TPSA) is 68.0 Å². The van der Waals surface area contributed by atoms with Crippen LogP contribution in [-0.4, -0.2) is 16.8 Å². The van der Waals surface area contributed by atoms with Crippen molar-refractivity contribution in [3.8, 4) is 0 Å². The molecule has 4 nitrogen and oxygen atoms in total. The summed E-state index contributed by atoms with van der Waals surface area (Å²) in [5.41, 5.74) is 9.36. The van der Waals surface area contributed by atoms with E-state index in [1.54, 1.807) is 0 Å². The van der Waals surface area contributed by atoms with Crippen LogP contribution in [0, 0.1) is 0 Å². The monoisotopic (exact) mass is 375 g/mol. The summed E-state index contributed by atoms with van der Waals surface area (Å²) in [4.78, 5) is 13.0. The van der Waals surface area contributed by atoms with Crippen LogP contribution in [0.25, 0.3) is 10.9 Å². The number of halogens is 1. The van der Waals surface area contributed by atoms with Gasteiger partial charge in [0, 0.05) is 18.0 Å². The third-order valence-corrected chi connectivity index (χ3v) is 4.98. The molecule has 0 aliphatic carbocycles. The van der Waals surface area contributed by atoms with E-state index in [4.69, 9.17) is 5.73 Å². The Morgan fingerprint density at radius 1 is 1.12 bits per heavy atom.